The first kappa shape index (κ1) is 19.9. The summed E-state index contributed by atoms with van der Waals surface area (Å²) in [5.74, 6) is -0.848. The van der Waals surface area contributed by atoms with E-state index in [0.717, 1.165) is 0 Å². The first-order valence-electron chi connectivity index (χ1n) is 6.61. The molecular formula is C11H24N3O6P. The van der Waals surface area contributed by atoms with Crippen molar-refractivity contribution in [1.82, 2.24) is 5.32 Å². The lowest BCUT2D eigenvalue weighted by molar-refractivity contribution is -0.139. The SMILES string of the molecule is CCOP(=O)(CN[C@@H](CCON=C(C)N)C(=O)O)OCC. The van der Waals surface area contributed by atoms with Gasteiger partial charge in [-0.25, -0.2) is 0 Å². The molecule has 0 spiro atoms. The van der Waals surface area contributed by atoms with Crippen LogP contribution in [0.15, 0.2) is 5.16 Å². The predicted molar refractivity (Wildman–Crippen MR) is 78.2 cm³/mol. The summed E-state index contributed by atoms with van der Waals surface area (Å²) in [6, 6.07) is -0.951. The van der Waals surface area contributed by atoms with E-state index in [1.807, 2.05) is 0 Å². The zero-order valence-electron chi connectivity index (χ0n) is 12.6. The molecule has 0 aromatic carbocycles. The summed E-state index contributed by atoms with van der Waals surface area (Å²) in [5, 5.41) is 15.2. The summed E-state index contributed by atoms with van der Waals surface area (Å²) in [6.45, 7) is 5.40. The number of hydrogen-bond acceptors (Lipinski definition) is 7. The average molecular weight is 325 g/mol. The van der Waals surface area contributed by atoms with Crippen molar-refractivity contribution < 1.29 is 28.4 Å². The average Bonchev–Trinajstić information content (AvgIpc) is 2.37. The van der Waals surface area contributed by atoms with Gasteiger partial charge in [0.15, 0.2) is 0 Å². The molecule has 0 aromatic rings. The lowest BCUT2D eigenvalue weighted by Gasteiger charge is -2.20. The Kier molecular flexibility index (Phi) is 9.98. The molecule has 0 fully saturated rings. The Hall–Kier alpha value is -1.15. The molecule has 0 rings (SSSR count). The molecule has 0 amide bonds. The van der Waals surface area contributed by atoms with Gasteiger partial charge in [0, 0.05) is 6.42 Å². The molecule has 0 saturated carbocycles. The van der Waals surface area contributed by atoms with E-state index in [-0.39, 0.29) is 38.4 Å². The van der Waals surface area contributed by atoms with Crippen LogP contribution < -0.4 is 11.1 Å². The highest BCUT2D eigenvalue weighted by molar-refractivity contribution is 7.53. The van der Waals surface area contributed by atoms with Crippen LogP contribution in [0.5, 0.6) is 0 Å². The number of nitrogens with one attached hydrogen (secondary N) is 1. The van der Waals surface area contributed by atoms with Crippen LogP contribution in [0, 0.1) is 0 Å². The molecular weight excluding hydrogens is 301 g/mol. The summed E-state index contributed by atoms with van der Waals surface area (Å²) < 4.78 is 22.3. The summed E-state index contributed by atoms with van der Waals surface area (Å²) in [4.78, 5) is 15.9. The van der Waals surface area contributed by atoms with E-state index in [2.05, 4.69) is 10.5 Å². The van der Waals surface area contributed by atoms with Crippen molar-refractivity contribution in [3.63, 3.8) is 0 Å². The van der Waals surface area contributed by atoms with E-state index >= 15 is 0 Å². The third-order valence-corrected chi connectivity index (χ3v) is 4.06. The largest absolute Gasteiger partial charge is 0.480 e. The minimum Gasteiger partial charge on any atom is -0.480 e. The number of carboxylic acid groups (broad SMARTS) is 1. The molecule has 0 aromatic heterocycles. The number of nitrogens with two attached hydrogens (primary N) is 1. The highest BCUT2D eigenvalue weighted by Crippen LogP contribution is 2.46. The number of oxime groups is 1. The molecule has 21 heavy (non-hydrogen) atoms. The topological polar surface area (TPSA) is 132 Å². The molecule has 0 radical (unpaired) electrons. The van der Waals surface area contributed by atoms with Crippen LogP contribution in [0.3, 0.4) is 0 Å². The smallest absolute Gasteiger partial charge is 0.344 e. The van der Waals surface area contributed by atoms with E-state index in [1.165, 1.54) is 0 Å². The van der Waals surface area contributed by atoms with Crippen molar-refractivity contribution in [3.05, 3.63) is 0 Å². The molecule has 10 heteroatoms. The predicted octanol–water partition coefficient (Wildman–Crippen LogP) is 0.952. The van der Waals surface area contributed by atoms with E-state index < -0.39 is 19.6 Å². The second-order valence-corrected chi connectivity index (χ2v) is 6.11. The van der Waals surface area contributed by atoms with Gasteiger partial charge in [-0.3, -0.25) is 14.7 Å². The zero-order chi connectivity index (χ0) is 16.3. The maximum Gasteiger partial charge on any atom is 0.344 e. The highest BCUT2D eigenvalue weighted by Gasteiger charge is 2.27. The molecule has 0 heterocycles. The van der Waals surface area contributed by atoms with Crippen molar-refractivity contribution in [3.8, 4) is 0 Å². The van der Waals surface area contributed by atoms with Crippen LogP contribution in [-0.2, 0) is 23.2 Å². The monoisotopic (exact) mass is 325 g/mol. The Bertz CT molecular complexity index is 376. The molecule has 4 N–H and O–H groups in total. The number of nitrogens with zero attached hydrogens (tertiary/aromatic N) is 1. The van der Waals surface area contributed by atoms with Gasteiger partial charge >= 0.3 is 13.6 Å². The van der Waals surface area contributed by atoms with E-state index in [4.69, 9.17) is 24.7 Å². The molecule has 0 aliphatic carbocycles. The van der Waals surface area contributed by atoms with Crippen molar-refractivity contribution in [1.29, 1.82) is 0 Å². The third kappa shape index (κ3) is 9.41. The maximum absolute atomic E-state index is 12.2. The first-order valence-corrected chi connectivity index (χ1v) is 8.33. The second kappa shape index (κ2) is 10.6. The van der Waals surface area contributed by atoms with Gasteiger partial charge in [0.05, 0.1) is 19.5 Å². The van der Waals surface area contributed by atoms with Crippen LogP contribution in [0.1, 0.15) is 27.2 Å². The summed E-state index contributed by atoms with van der Waals surface area (Å²) in [6.07, 6.45) is -0.0603. The molecule has 0 aliphatic heterocycles. The van der Waals surface area contributed by atoms with Gasteiger partial charge in [-0.2, -0.15) is 0 Å². The lowest BCUT2D eigenvalue weighted by Crippen LogP contribution is -2.38. The van der Waals surface area contributed by atoms with Crippen LogP contribution in [0.25, 0.3) is 0 Å². The van der Waals surface area contributed by atoms with Crippen LogP contribution in [-0.4, -0.2) is 49.1 Å². The number of rotatable bonds is 12. The maximum atomic E-state index is 12.2. The van der Waals surface area contributed by atoms with Gasteiger partial charge in [0.25, 0.3) is 0 Å². The summed E-state index contributed by atoms with van der Waals surface area (Å²) in [5.41, 5.74) is 5.27. The fraction of sp³-hybridized carbons (Fsp3) is 0.818. The van der Waals surface area contributed by atoms with Gasteiger partial charge in [0.2, 0.25) is 0 Å². The van der Waals surface area contributed by atoms with Crippen molar-refractivity contribution in [2.45, 2.75) is 33.2 Å². The van der Waals surface area contributed by atoms with Crippen LogP contribution >= 0.6 is 7.60 Å². The Morgan fingerprint density at radius 3 is 2.38 bits per heavy atom. The second-order valence-electron chi connectivity index (χ2n) is 4.05. The quantitative estimate of drug-likeness (QED) is 0.159. The minimum atomic E-state index is -3.33. The molecule has 9 nitrogen and oxygen atoms in total. The Labute approximate surface area is 124 Å². The fourth-order valence-electron chi connectivity index (χ4n) is 1.37. The molecule has 0 saturated heterocycles. The lowest BCUT2D eigenvalue weighted by atomic mass is 10.2. The van der Waals surface area contributed by atoms with Gasteiger partial charge in [-0.15, -0.1) is 0 Å². The van der Waals surface area contributed by atoms with Crippen LogP contribution in [0.4, 0.5) is 0 Å². The van der Waals surface area contributed by atoms with Gasteiger partial charge < -0.3 is 24.7 Å². The van der Waals surface area contributed by atoms with Gasteiger partial charge in [0.1, 0.15) is 18.5 Å². The Morgan fingerprint density at radius 2 is 1.95 bits per heavy atom. The van der Waals surface area contributed by atoms with E-state index in [1.54, 1.807) is 20.8 Å². The first-order chi connectivity index (χ1) is 9.84. The van der Waals surface area contributed by atoms with E-state index in [9.17, 15) is 9.36 Å². The van der Waals surface area contributed by atoms with Crippen LogP contribution in [0.2, 0.25) is 0 Å². The summed E-state index contributed by atoms with van der Waals surface area (Å²) >= 11 is 0. The molecule has 124 valence electrons. The van der Waals surface area contributed by atoms with Crippen molar-refractivity contribution in [2.24, 2.45) is 10.9 Å². The highest BCUT2D eigenvalue weighted by atomic mass is 31.2. The normalized spacial score (nSPS) is 14.0. The van der Waals surface area contributed by atoms with Gasteiger partial charge in [-0.05, 0) is 20.8 Å². The number of carbonyl (C=O) groups is 1. The Morgan fingerprint density at radius 1 is 1.38 bits per heavy atom. The number of amidine groups is 1. The third-order valence-electron chi connectivity index (χ3n) is 2.19. The number of aliphatic carboxylic acids is 1. The Balaban J connectivity index is 4.39. The van der Waals surface area contributed by atoms with E-state index in [0.29, 0.717) is 0 Å². The summed E-state index contributed by atoms with van der Waals surface area (Å²) in [7, 11) is -3.33. The minimum absolute atomic E-state index is 0.0616. The molecule has 0 bridgehead atoms. The molecule has 0 unspecified atom stereocenters. The standard InChI is InChI=1S/C11H24N3O6P/c1-4-19-21(17,20-5-2)8-13-10(11(15)16)6-7-18-14-9(3)12/h10,13H,4-8H2,1-3H3,(H2,12,14)(H,15,16)/t10-/m0/s1. The fourth-order valence-corrected chi connectivity index (χ4v) is 2.86. The van der Waals surface area contributed by atoms with Gasteiger partial charge in [-0.1, -0.05) is 5.16 Å². The number of carboxylic acids is 1. The van der Waals surface area contributed by atoms with Crippen molar-refractivity contribution >= 4 is 19.4 Å². The zero-order valence-corrected chi connectivity index (χ0v) is 13.5. The van der Waals surface area contributed by atoms with Crippen molar-refractivity contribution in [2.75, 3.05) is 26.1 Å². The number of hydrogen-bond donors (Lipinski definition) is 3. The molecule has 1 atom stereocenters. The molecule has 0 aliphatic rings.